The van der Waals surface area contributed by atoms with Gasteiger partial charge in [0.05, 0.1) is 6.61 Å². The molecule has 0 unspecified atom stereocenters. The van der Waals surface area contributed by atoms with Gasteiger partial charge in [-0.3, -0.25) is 0 Å². The fraction of sp³-hybridized carbons (Fsp3) is 0.429. The summed E-state index contributed by atoms with van der Waals surface area (Å²) < 4.78 is 15.8. The van der Waals surface area contributed by atoms with Gasteiger partial charge in [0.15, 0.2) is 5.16 Å². The topological polar surface area (TPSA) is 50.9 Å². The molecule has 1 aliphatic heterocycles. The summed E-state index contributed by atoms with van der Waals surface area (Å²) in [5.41, 5.74) is 0.323. The van der Waals surface area contributed by atoms with Crippen LogP contribution in [0.3, 0.4) is 0 Å². The van der Waals surface area contributed by atoms with Gasteiger partial charge in [0.2, 0.25) is 0 Å². The van der Waals surface area contributed by atoms with Gasteiger partial charge in [-0.15, -0.1) is 10.2 Å². The van der Waals surface area contributed by atoms with Crippen molar-refractivity contribution >= 4 is 11.8 Å². The number of halogens is 1. The Morgan fingerprint density at radius 1 is 1.25 bits per heavy atom. The third-order valence-electron chi connectivity index (χ3n) is 3.51. The first kappa shape index (κ1) is 13.6. The van der Waals surface area contributed by atoms with Crippen molar-refractivity contribution in [3.8, 4) is 0 Å². The van der Waals surface area contributed by atoms with Gasteiger partial charge < -0.3 is 9.67 Å². The predicted octanol–water partition coefficient (Wildman–Crippen LogP) is 2.79. The van der Waals surface area contributed by atoms with E-state index in [-0.39, 0.29) is 12.4 Å². The molecule has 0 radical (unpaired) electrons. The van der Waals surface area contributed by atoms with Crippen LogP contribution in [0.2, 0.25) is 0 Å². The molecule has 0 saturated heterocycles. The Morgan fingerprint density at radius 3 is 3.00 bits per heavy atom. The SMILES string of the molecule is OCc1c(F)cccc1Sc1nnc2n1CCCCC2. The highest BCUT2D eigenvalue weighted by Gasteiger charge is 2.17. The zero-order valence-electron chi connectivity index (χ0n) is 11.0. The maximum Gasteiger partial charge on any atom is 0.196 e. The van der Waals surface area contributed by atoms with E-state index in [9.17, 15) is 9.50 Å². The Kier molecular flexibility index (Phi) is 4.03. The Labute approximate surface area is 121 Å². The van der Waals surface area contributed by atoms with Crippen molar-refractivity contribution in [2.75, 3.05) is 0 Å². The molecular formula is C14H16FN3OS. The molecule has 1 N–H and O–H groups in total. The second-order valence-corrected chi connectivity index (χ2v) is 5.85. The van der Waals surface area contributed by atoms with Gasteiger partial charge in [-0.05, 0) is 36.7 Å². The van der Waals surface area contributed by atoms with Crippen molar-refractivity contribution in [1.29, 1.82) is 0 Å². The van der Waals surface area contributed by atoms with Crippen molar-refractivity contribution in [2.24, 2.45) is 0 Å². The van der Waals surface area contributed by atoms with Gasteiger partial charge in [0.1, 0.15) is 11.6 Å². The molecule has 6 heteroatoms. The van der Waals surface area contributed by atoms with Crippen LogP contribution in [-0.4, -0.2) is 19.9 Å². The molecule has 0 saturated carbocycles. The number of aryl methyl sites for hydroxylation is 1. The molecule has 1 aliphatic rings. The normalized spacial score (nSPS) is 14.9. The molecule has 0 aliphatic carbocycles. The fourth-order valence-corrected chi connectivity index (χ4v) is 3.44. The van der Waals surface area contributed by atoms with E-state index in [4.69, 9.17) is 0 Å². The maximum atomic E-state index is 13.7. The van der Waals surface area contributed by atoms with Crippen LogP contribution < -0.4 is 0 Å². The third kappa shape index (κ3) is 2.58. The Balaban J connectivity index is 1.92. The van der Waals surface area contributed by atoms with Gasteiger partial charge in [-0.1, -0.05) is 12.5 Å². The average molecular weight is 293 g/mol. The minimum atomic E-state index is -0.381. The van der Waals surface area contributed by atoms with E-state index in [1.807, 2.05) is 0 Å². The lowest BCUT2D eigenvalue weighted by Gasteiger charge is -2.09. The Morgan fingerprint density at radius 2 is 2.15 bits per heavy atom. The molecule has 1 aromatic heterocycles. The number of hydrogen-bond donors (Lipinski definition) is 1. The van der Waals surface area contributed by atoms with E-state index in [2.05, 4.69) is 14.8 Å². The van der Waals surface area contributed by atoms with Crippen LogP contribution in [-0.2, 0) is 19.6 Å². The van der Waals surface area contributed by atoms with E-state index in [1.54, 1.807) is 12.1 Å². The number of benzene rings is 1. The van der Waals surface area contributed by atoms with Gasteiger partial charge in [0.25, 0.3) is 0 Å². The average Bonchev–Trinajstić information content (AvgIpc) is 2.68. The fourth-order valence-electron chi connectivity index (χ4n) is 2.42. The molecule has 0 spiro atoms. The largest absolute Gasteiger partial charge is 0.392 e. The Bertz CT molecular complexity index is 614. The first-order valence-corrected chi connectivity index (χ1v) is 7.59. The minimum Gasteiger partial charge on any atom is -0.392 e. The quantitative estimate of drug-likeness (QED) is 0.945. The van der Waals surface area contributed by atoms with E-state index in [0.29, 0.717) is 10.5 Å². The predicted molar refractivity (Wildman–Crippen MR) is 74.0 cm³/mol. The van der Waals surface area contributed by atoms with Crippen molar-refractivity contribution in [3.05, 3.63) is 35.4 Å². The zero-order valence-corrected chi connectivity index (χ0v) is 11.9. The first-order valence-electron chi connectivity index (χ1n) is 6.78. The summed E-state index contributed by atoms with van der Waals surface area (Å²) in [5.74, 6) is 0.625. The van der Waals surface area contributed by atoms with Crippen LogP contribution in [0.25, 0.3) is 0 Å². The van der Waals surface area contributed by atoms with Crippen molar-refractivity contribution in [2.45, 2.75) is 48.9 Å². The number of nitrogens with zero attached hydrogens (tertiary/aromatic N) is 3. The molecular weight excluding hydrogens is 277 g/mol. The molecule has 2 aromatic rings. The molecule has 0 bridgehead atoms. The molecule has 2 heterocycles. The number of aromatic nitrogens is 3. The summed E-state index contributed by atoms with van der Waals surface area (Å²) in [5, 5.41) is 18.5. The monoisotopic (exact) mass is 293 g/mol. The first-order chi connectivity index (χ1) is 9.79. The highest BCUT2D eigenvalue weighted by molar-refractivity contribution is 7.99. The van der Waals surface area contributed by atoms with Crippen LogP contribution >= 0.6 is 11.8 Å². The summed E-state index contributed by atoms with van der Waals surface area (Å²) in [6.45, 7) is 0.602. The van der Waals surface area contributed by atoms with Gasteiger partial charge in [0, 0.05) is 23.4 Å². The molecule has 0 amide bonds. The van der Waals surface area contributed by atoms with Crippen LogP contribution in [0, 0.1) is 5.82 Å². The third-order valence-corrected chi connectivity index (χ3v) is 4.60. The van der Waals surface area contributed by atoms with Crippen LogP contribution in [0.4, 0.5) is 4.39 Å². The Hall–Kier alpha value is -1.40. The summed E-state index contributed by atoms with van der Waals surface area (Å²) in [7, 11) is 0. The van der Waals surface area contributed by atoms with Gasteiger partial charge in [-0.25, -0.2) is 4.39 Å². The standard InChI is InChI=1S/C14H16FN3OS/c15-11-5-4-6-12(10(11)9-19)20-14-17-16-13-7-2-1-3-8-18(13)14/h4-6,19H,1-3,7-9H2. The molecule has 0 fully saturated rings. The van der Waals surface area contributed by atoms with Gasteiger partial charge >= 0.3 is 0 Å². The van der Waals surface area contributed by atoms with Crippen LogP contribution in [0.5, 0.6) is 0 Å². The van der Waals surface area contributed by atoms with E-state index >= 15 is 0 Å². The molecule has 1 aromatic carbocycles. The van der Waals surface area contributed by atoms with Crippen molar-refractivity contribution < 1.29 is 9.50 Å². The zero-order chi connectivity index (χ0) is 13.9. The van der Waals surface area contributed by atoms with Gasteiger partial charge in [-0.2, -0.15) is 0 Å². The smallest absolute Gasteiger partial charge is 0.196 e. The number of aliphatic hydroxyl groups excluding tert-OH is 1. The molecule has 106 valence electrons. The van der Waals surface area contributed by atoms with Crippen LogP contribution in [0.15, 0.2) is 28.3 Å². The van der Waals surface area contributed by atoms with Crippen LogP contribution in [0.1, 0.15) is 30.7 Å². The summed E-state index contributed by atoms with van der Waals surface area (Å²) in [4.78, 5) is 0.701. The molecule has 4 nitrogen and oxygen atoms in total. The van der Waals surface area contributed by atoms with E-state index < -0.39 is 0 Å². The number of fused-ring (bicyclic) bond motifs is 1. The lowest BCUT2D eigenvalue weighted by molar-refractivity contribution is 0.272. The highest BCUT2D eigenvalue weighted by atomic mass is 32.2. The maximum absolute atomic E-state index is 13.7. The highest BCUT2D eigenvalue weighted by Crippen LogP contribution is 2.32. The second kappa shape index (κ2) is 5.93. The van der Waals surface area contributed by atoms with Crippen molar-refractivity contribution in [1.82, 2.24) is 14.8 Å². The lowest BCUT2D eigenvalue weighted by atomic mass is 10.2. The van der Waals surface area contributed by atoms with Crippen molar-refractivity contribution in [3.63, 3.8) is 0 Å². The number of aliphatic hydroxyl groups is 1. The summed E-state index contributed by atoms with van der Waals surface area (Å²) in [6.07, 6.45) is 4.41. The summed E-state index contributed by atoms with van der Waals surface area (Å²) in [6, 6.07) is 4.81. The second-order valence-electron chi connectivity index (χ2n) is 4.84. The van der Waals surface area contributed by atoms with E-state index in [0.717, 1.165) is 36.8 Å². The molecule has 20 heavy (non-hydrogen) atoms. The minimum absolute atomic E-state index is 0.310. The lowest BCUT2D eigenvalue weighted by Crippen LogP contribution is -2.02. The number of rotatable bonds is 3. The number of hydrogen-bond acceptors (Lipinski definition) is 4. The molecule has 3 rings (SSSR count). The molecule has 0 atom stereocenters. The summed E-state index contributed by atoms with van der Waals surface area (Å²) >= 11 is 1.37. The van der Waals surface area contributed by atoms with E-state index in [1.165, 1.54) is 24.2 Å².